The van der Waals surface area contributed by atoms with Crippen LogP contribution in [0.15, 0.2) is 72.0 Å². The third-order valence-corrected chi connectivity index (χ3v) is 5.55. The fourth-order valence-electron chi connectivity index (χ4n) is 3.71. The van der Waals surface area contributed by atoms with Crippen LogP contribution in [0.2, 0.25) is 5.02 Å². The molecule has 0 fully saturated rings. The fourth-order valence-corrected chi connectivity index (χ4v) is 3.88. The molecule has 31 heavy (non-hydrogen) atoms. The van der Waals surface area contributed by atoms with Crippen LogP contribution in [-0.4, -0.2) is 25.0 Å². The number of amidine groups is 1. The van der Waals surface area contributed by atoms with Gasteiger partial charge in [0.05, 0.1) is 25.6 Å². The third-order valence-electron chi connectivity index (χ3n) is 5.31. The molecular formula is C25H24ClN3O2. The normalized spacial score (nSPS) is 15.7. The summed E-state index contributed by atoms with van der Waals surface area (Å²) in [6, 6.07) is 15.6. The van der Waals surface area contributed by atoms with E-state index in [1.807, 2.05) is 48.7 Å². The minimum absolute atomic E-state index is 0.290. The Morgan fingerprint density at radius 1 is 1.06 bits per heavy atom. The lowest BCUT2D eigenvalue weighted by atomic mass is 9.90. The van der Waals surface area contributed by atoms with Gasteiger partial charge in [-0.2, -0.15) is 0 Å². The van der Waals surface area contributed by atoms with Crippen LogP contribution in [0.1, 0.15) is 36.0 Å². The van der Waals surface area contributed by atoms with Crippen LogP contribution in [0.4, 0.5) is 5.69 Å². The van der Waals surface area contributed by atoms with Crippen molar-refractivity contribution >= 4 is 28.8 Å². The average molecular weight is 434 g/mol. The summed E-state index contributed by atoms with van der Waals surface area (Å²) in [5, 5.41) is 4.13. The van der Waals surface area contributed by atoms with Crippen LogP contribution < -0.4 is 14.8 Å². The molecule has 1 N–H and O–H groups in total. The van der Waals surface area contributed by atoms with E-state index in [0.29, 0.717) is 28.3 Å². The predicted octanol–water partition coefficient (Wildman–Crippen LogP) is 6.16. The van der Waals surface area contributed by atoms with E-state index in [0.717, 1.165) is 28.9 Å². The molecule has 6 heteroatoms. The average Bonchev–Trinajstić information content (AvgIpc) is 2.80. The molecule has 0 saturated carbocycles. The Hall–Kier alpha value is -3.31. The number of hydrogen-bond acceptors (Lipinski definition) is 5. The number of fused-ring (bicyclic) bond motifs is 1. The van der Waals surface area contributed by atoms with Crippen LogP contribution in [0.5, 0.6) is 11.5 Å². The Morgan fingerprint density at radius 2 is 1.94 bits per heavy atom. The van der Waals surface area contributed by atoms with E-state index in [1.165, 1.54) is 5.56 Å². The van der Waals surface area contributed by atoms with E-state index in [4.69, 9.17) is 26.1 Å². The molecule has 0 bridgehead atoms. The Balaban J connectivity index is 1.89. The van der Waals surface area contributed by atoms with E-state index in [1.54, 1.807) is 20.4 Å². The number of methoxy groups -OCH3 is 2. The van der Waals surface area contributed by atoms with Gasteiger partial charge in [0.25, 0.3) is 0 Å². The SMILES string of the molecule is COc1cccc(NC2=NC(c3cccnc3)=CCC(C)c3ccc(Cl)cc32)c1OC. The highest BCUT2D eigenvalue weighted by Crippen LogP contribution is 2.37. The molecule has 0 aliphatic carbocycles. The van der Waals surface area contributed by atoms with Gasteiger partial charge in [-0.15, -0.1) is 0 Å². The number of aromatic nitrogens is 1. The minimum atomic E-state index is 0.290. The molecule has 158 valence electrons. The topological polar surface area (TPSA) is 55.7 Å². The van der Waals surface area contributed by atoms with Crippen molar-refractivity contribution in [1.82, 2.24) is 4.98 Å². The molecule has 3 aromatic rings. The van der Waals surface area contributed by atoms with Crippen LogP contribution in [-0.2, 0) is 0 Å². The van der Waals surface area contributed by atoms with E-state index in [-0.39, 0.29) is 0 Å². The zero-order chi connectivity index (χ0) is 21.8. The van der Waals surface area contributed by atoms with Crippen molar-refractivity contribution in [3.05, 3.63) is 88.7 Å². The first-order valence-electron chi connectivity index (χ1n) is 10.1. The van der Waals surface area contributed by atoms with E-state index < -0.39 is 0 Å². The Labute approximate surface area is 187 Å². The largest absolute Gasteiger partial charge is 0.493 e. The highest BCUT2D eigenvalue weighted by Gasteiger charge is 2.21. The highest BCUT2D eigenvalue weighted by atomic mass is 35.5. The molecule has 1 unspecified atom stereocenters. The summed E-state index contributed by atoms with van der Waals surface area (Å²) >= 11 is 6.39. The minimum Gasteiger partial charge on any atom is -0.493 e. The summed E-state index contributed by atoms with van der Waals surface area (Å²) in [7, 11) is 3.24. The molecule has 1 aliphatic heterocycles. The summed E-state index contributed by atoms with van der Waals surface area (Å²) in [4.78, 5) is 9.28. The van der Waals surface area contributed by atoms with Crippen LogP contribution >= 0.6 is 11.6 Å². The zero-order valence-electron chi connectivity index (χ0n) is 17.7. The lowest BCUT2D eigenvalue weighted by Gasteiger charge is -2.22. The molecule has 1 atom stereocenters. The van der Waals surface area contributed by atoms with Crippen molar-refractivity contribution in [1.29, 1.82) is 0 Å². The van der Waals surface area contributed by atoms with Gasteiger partial charge in [-0.25, -0.2) is 4.99 Å². The number of pyridine rings is 1. The van der Waals surface area contributed by atoms with Gasteiger partial charge < -0.3 is 14.8 Å². The molecule has 1 aliphatic rings. The number of halogens is 1. The van der Waals surface area contributed by atoms with E-state index in [2.05, 4.69) is 29.4 Å². The van der Waals surface area contributed by atoms with Crippen molar-refractivity contribution < 1.29 is 9.47 Å². The standard InChI is InChI=1S/C25H24ClN3O2/c1-16-9-12-21(17-6-5-13-27-15-17)28-25(20-14-18(26)10-11-19(16)20)29-22-7-4-8-23(30-2)24(22)31-3/h4-8,10-16H,9H2,1-3H3,(H,28,29). The maximum absolute atomic E-state index is 6.39. The zero-order valence-corrected chi connectivity index (χ0v) is 18.5. The first-order valence-corrected chi connectivity index (χ1v) is 10.5. The quantitative estimate of drug-likeness (QED) is 0.535. The lowest BCUT2D eigenvalue weighted by Crippen LogP contribution is -2.19. The van der Waals surface area contributed by atoms with Crippen molar-refractivity contribution in [2.75, 3.05) is 19.5 Å². The predicted molar refractivity (Wildman–Crippen MR) is 126 cm³/mol. The number of para-hydroxylation sites is 1. The molecule has 1 aromatic heterocycles. The summed E-state index contributed by atoms with van der Waals surface area (Å²) in [6.45, 7) is 2.21. The maximum Gasteiger partial charge on any atom is 0.184 e. The van der Waals surface area contributed by atoms with E-state index in [9.17, 15) is 0 Å². The number of nitrogens with zero attached hydrogens (tertiary/aromatic N) is 2. The maximum atomic E-state index is 6.39. The van der Waals surface area contributed by atoms with Gasteiger partial charge in [0.15, 0.2) is 11.5 Å². The number of allylic oxidation sites excluding steroid dienone is 1. The number of rotatable bonds is 4. The van der Waals surface area contributed by atoms with Gasteiger partial charge in [-0.05, 0) is 54.3 Å². The van der Waals surface area contributed by atoms with Crippen molar-refractivity contribution in [3.63, 3.8) is 0 Å². The summed E-state index contributed by atoms with van der Waals surface area (Å²) in [6.07, 6.45) is 6.60. The molecule has 0 radical (unpaired) electrons. The number of anilines is 1. The van der Waals surface area contributed by atoms with Crippen molar-refractivity contribution in [2.24, 2.45) is 4.99 Å². The van der Waals surface area contributed by atoms with Gasteiger partial charge in [0, 0.05) is 28.5 Å². The van der Waals surface area contributed by atoms with Gasteiger partial charge in [-0.3, -0.25) is 4.98 Å². The second kappa shape index (κ2) is 9.23. The molecule has 0 spiro atoms. The molecule has 0 amide bonds. The number of nitrogens with one attached hydrogen (secondary N) is 1. The van der Waals surface area contributed by atoms with Crippen LogP contribution in [0.3, 0.4) is 0 Å². The fraction of sp³-hybridized carbons (Fsp3) is 0.200. The second-order valence-corrected chi connectivity index (χ2v) is 7.76. The molecule has 2 aromatic carbocycles. The second-order valence-electron chi connectivity index (χ2n) is 7.33. The molecule has 2 heterocycles. The number of aliphatic imine (C=N–C) groups is 1. The molecule has 0 saturated heterocycles. The number of benzene rings is 2. The number of hydrogen-bond donors (Lipinski definition) is 1. The van der Waals surface area contributed by atoms with Gasteiger partial charge in [-0.1, -0.05) is 36.7 Å². The Morgan fingerprint density at radius 3 is 2.68 bits per heavy atom. The third kappa shape index (κ3) is 4.42. The van der Waals surface area contributed by atoms with Gasteiger partial charge >= 0.3 is 0 Å². The summed E-state index contributed by atoms with van der Waals surface area (Å²) in [5.74, 6) is 2.23. The first-order chi connectivity index (χ1) is 15.1. The highest BCUT2D eigenvalue weighted by molar-refractivity contribution is 6.31. The van der Waals surface area contributed by atoms with Crippen molar-refractivity contribution in [2.45, 2.75) is 19.3 Å². The van der Waals surface area contributed by atoms with E-state index >= 15 is 0 Å². The van der Waals surface area contributed by atoms with Gasteiger partial charge in [0.2, 0.25) is 0 Å². The van der Waals surface area contributed by atoms with Crippen molar-refractivity contribution in [3.8, 4) is 11.5 Å². The summed E-state index contributed by atoms with van der Waals surface area (Å²) < 4.78 is 11.1. The first kappa shape index (κ1) is 20.9. The van der Waals surface area contributed by atoms with Crippen LogP contribution in [0.25, 0.3) is 5.70 Å². The smallest absolute Gasteiger partial charge is 0.184 e. The van der Waals surface area contributed by atoms with Gasteiger partial charge in [0.1, 0.15) is 5.84 Å². The monoisotopic (exact) mass is 433 g/mol. The molecule has 4 rings (SSSR count). The number of ether oxygens (including phenoxy) is 2. The lowest BCUT2D eigenvalue weighted by molar-refractivity contribution is 0.356. The van der Waals surface area contributed by atoms with Crippen LogP contribution in [0, 0.1) is 0 Å². The Kier molecular flexibility index (Phi) is 6.23. The molecular weight excluding hydrogens is 410 g/mol. The summed E-state index contributed by atoms with van der Waals surface area (Å²) in [5.41, 5.74) is 4.70. The molecule has 5 nitrogen and oxygen atoms in total. The Bertz CT molecular complexity index is 1140.